The number of ether oxygens (including phenoxy) is 2. The summed E-state index contributed by atoms with van der Waals surface area (Å²) in [6.07, 6.45) is -0.429. The summed E-state index contributed by atoms with van der Waals surface area (Å²) >= 11 is 5.33. The molecule has 0 bridgehead atoms. The van der Waals surface area contributed by atoms with Crippen LogP contribution < -0.4 is 15.4 Å². The zero-order valence-corrected chi connectivity index (χ0v) is 17.0. The zero-order chi connectivity index (χ0) is 20.7. The first-order chi connectivity index (χ1) is 13.3. The fourth-order valence-electron chi connectivity index (χ4n) is 2.74. The smallest absolute Gasteiger partial charge is 0.308 e. The van der Waals surface area contributed by atoms with E-state index in [4.69, 9.17) is 21.7 Å². The van der Waals surface area contributed by atoms with Gasteiger partial charge in [0.15, 0.2) is 5.11 Å². The maximum absolute atomic E-state index is 12.5. The molecule has 2 rings (SSSR count). The highest BCUT2D eigenvalue weighted by Crippen LogP contribution is 2.14. The summed E-state index contributed by atoms with van der Waals surface area (Å²) in [4.78, 5) is 38.2. The average Bonchev–Trinajstić information content (AvgIpc) is 2.63. The Morgan fingerprint density at radius 2 is 2.00 bits per heavy atom. The van der Waals surface area contributed by atoms with Crippen molar-refractivity contribution >= 4 is 35.1 Å². The molecule has 1 unspecified atom stereocenters. The number of hydrogen-bond acceptors (Lipinski definition) is 6. The standard InChI is InChI=1S/C19H25N3O5S/c1-4-26-14-7-5-13(6-8-14)17(24)21-19(28)22-10-9-20-18(25)15(22)11-16(23)27-12(2)3/h5-8,12,15H,4,9-11H2,1-3H3,(H,20,25)(H,21,24,28). The molecule has 152 valence electrons. The van der Waals surface area contributed by atoms with Gasteiger partial charge in [0.25, 0.3) is 5.91 Å². The molecule has 1 aliphatic rings. The van der Waals surface area contributed by atoms with Crippen LogP contribution >= 0.6 is 12.2 Å². The highest BCUT2D eigenvalue weighted by Gasteiger charge is 2.34. The summed E-state index contributed by atoms with van der Waals surface area (Å²) in [6.45, 7) is 6.63. The average molecular weight is 407 g/mol. The van der Waals surface area contributed by atoms with Gasteiger partial charge in [0.1, 0.15) is 11.8 Å². The van der Waals surface area contributed by atoms with Crippen molar-refractivity contribution in [2.24, 2.45) is 0 Å². The second kappa shape index (κ2) is 10.0. The minimum Gasteiger partial charge on any atom is -0.494 e. The summed E-state index contributed by atoms with van der Waals surface area (Å²) in [5, 5.41) is 5.43. The predicted molar refractivity (Wildman–Crippen MR) is 107 cm³/mol. The van der Waals surface area contributed by atoms with Crippen LogP contribution in [0.4, 0.5) is 0 Å². The van der Waals surface area contributed by atoms with E-state index in [2.05, 4.69) is 10.6 Å². The molecule has 1 aromatic carbocycles. The lowest BCUT2D eigenvalue weighted by Crippen LogP contribution is -2.60. The van der Waals surface area contributed by atoms with Gasteiger partial charge in [-0.25, -0.2) is 0 Å². The van der Waals surface area contributed by atoms with Gasteiger partial charge < -0.3 is 19.7 Å². The number of benzene rings is 1. The number of thiocarbonyl (C=S) groups is 1. The topological polar surface area (TPSA) is 97.0 Å². The Labute approximate surface area is 169 Å². The van der Waals surface area contributed by atoms with Crippen LogP contribution in [0.25, 0.3) is 0 Å². The van der Waals surface area contributed by atoms with Gasteiger partial charge in [0.05, 0.1) is 19.1 Å². The van der Waals surface area contributed by atoms with E-state index in [0.717, 1.165) is 0 Å². The molecule has 1 aromatic rings. The van der Waals surface area contributed by atoms with Crippen molar-refractivity contribution in [2.45, 2.75) is 39.3 Å². The van der Waals surface area contributed by atoms with Crippen molar-refractivity contribution < 1.29 is 23.9 Å². The lowest BCUT2D eigenvalue weighted by molar-refractivity contribution is -0.150. The van der Waals surface area contributed by atoms with Crippen molar-refractivity contribution in [2.75, 3.05) is 19.7 Å². The van der Waals surface area contributed by atoms with Crippen molar-refractivity contribution in [3.8, 4) is 5.75 Å². The molecule has 2 N–H and O–H groups in total. The lowest BCUT2D eigenvalue weighted by Gasteiger charge is -2.36. The number of amides is 2. The molecule has 9 heteroatoms. The van der Waals surface area contributed by atoms with E-state index >= 15 is 0 Å². The second-order valence-electron chi connectivity index (χ2n) is 6.46. The van der Waals surface area contributed by atoms with Crippen molar-refractivity contribution in [1.29, 1.82) is 0 Å². The van der Waals surface area contributed by atoms with Crippen LogP contribution in [0.1, 0.15) is 37.6 Å². The molecule has 0 saturated carbocycles. The van der Waals surface area contributed by atoms with Crippen molar-refractivity contribution in [3.05, 3.63) is 29.8 Å². The molecule has 0 aromatic heterocycles. The third kappa shape index (κ3) is 5.91. The van der Waals surface area contributed by atoms with Crippen LogP contribution in [-0.2, 0) is 14.3 Å². The minimum atomic E-state index is -0.826. The van der Waals surface area contributed by atoms with Crippen molar-refractivity contribution in [3.63, 3.8) is 0 Å². The number of hydrogen-bond donors (Lipinski definition) is 2. The van der Waals surface area contributed by atoms with Gasteiger partial charge in [0, 0.05) is 18.7 Å². The highest BCUT2D eigenvalue weighted by molar-refractivity contribution is 7.80. The number of piperazine rings is 1. The molecule has 1 aliphatic heterocycles. The molecule has 1 saturated heterocycles. The molecular weight excluding hydrogens is 382 g/mol. The quantitative estimate of drug-likeness (QED) is 0.541. The molecule has 2 amide bonds. The normalized spacial score (nSPS) is 16.4. The van der Waals surface area contributed by atoms with Crippen LogP contribution in [0.3, 0.4) is 0 Å². The van der Waals surface area contributed by atoms with Crippen LogP contribution in [0, 0.1) is 0 Å². The third-order valence-electron chi connectivity index (χ3n) is 3.97. The van der Waals surface area contributed by atoms with Crippen LogP contribution in [0.15, 0.2) is 24.3 Å². The Balaban J connectivity index is 2.03. The van der Waals surface area contributed by atoms with Crippen LogP contribution in [-0.4, -0.2) is 59.6 Å². The second-order valence-corrected chi connectivity index (χ2v) is 6.85. The summed E-state index contributed by atoms with van der Waals surface area (Å²) < 4.78 is 10.5. The minimum absolute atomic E-state index is 0.0936. The molecular formula is C19H25N3O5S. The number of rotatable bonds is 6. The SMILES string of the molecule is CCOc1ccc(C(=O)NC(=S)N2CCNC(=O)C2CC(=O)OC(C)C)cc1. The maximum atomic E-state index is 12.5. The van der Waals surface area contributed by atoms with Crippen molar-refractivity contribution in [1.82, 2.24) is 15.5 Å². The Morgan fingerprint density at radius 1 is 1.32 bits per heavy atom. The summed E-state index contributed by atoms with van der Waals surface area (Å²) in [6, 6.07) is 5.82. The number of nitrogens with zero attached hydrogens (tertiary/aromatic N) is 1. The van der Waals surface area contributed by atoms with E-state index in [1.54, 1.807) is 43.0 Å². The first-order valence-electron chi connectivity index (χ1n) is 9.13. The van der Waals surface area contributed by atoms with Gasteiger partial charge in [-0.1, -0.05) is 0 Å². The number of nitrogens with one attached hydrogen (secondary N) is 2. The number of carbonyl (C=O) groups is 3. The molecule has 1 atom stereocenters. The predicted octanol–water partition coefficient (Wildman–Crippen LogP) is 1.24. The molecule has 0 spiro atoms. The fourth-order valence-corrected chi connectivity index (χ4v) is 3.05. The van der Waals surface area contributed by atoms with Gasteiger partial charge in [0.2, 0.25) is 5.91 Å². The Morgan fingerprint density at radius 3 is 2.61 bits per heavy atom. The van der Waals surface area contributed by atoms with E-state index in [1.165, 1.54) is 0 Å². The highest BCUT2D eigenvalue weighted by atomic mass is 32.1. The molecule has 0 aliphatic carbocycles. The van der Waals surface area contributed by atoms with E-state index in [0.29, 0.717) is 31.0 Å². The Kier molecular flexibility index (Phi) is 7.74. The third-order valence-corrected chi connectivity index (χ3v) is 4.30. The monoisotopic (exact) mass is 407 g/mol. The molecule has 0 radical (unpaired) electrons. The van der Waals surface area contributed by atoms with Gasteiger partial charge >= 0.3 is 5.97 Å². The van der Waals surface area contributed by atoms with Gasteiger partial charge in [-0.3, -0.25) is 19.7 Å². The fraction of sp³-hybridized carbons (Fsp3) is 0.474. The van der Waals surface area contributed by atoms with Gasteiger partial charge in [-0.05, 0) is 57.3 Å². The van der Waals surface area contributed by atoms with E-state index < -0.39 is 17.9 Å². The summed E-state index contributed by atoms with van der Waals surface area (Å²) in [5.74, 6) is -0.562. The first-order valence-corrected chi connectivity index (χ1v) is 9.54. The van der Waals surface area contributed by atoms with Crippen LogP contribution in [0.2, 0.25) is 0 Å². The van der Waals surface area contributed by atoms with E-state index in [-0.39, 0.29) is 23.5 Å². The maximum Gasteiger partial charge on any atom is 0.308 e. The zero-order valence-electron chi connectivity index (χ0n) is 16.2. The van der Waals surface area contributed by atoms with Crippen LogP contribution in [0.5, 0.6) is 5.75 Å². The first kappa shape index (κ1) is 21.6. The molecule has 1 fully saturated rings. The van der Waals surface area contributed by atoms with Gasteiger partial charge in [-0.15, -0.1) is 0 Å². The number of esters is 1. The van der Waals surface area contributed by atoms with E-state index in [9.17, 15) is 14.4 Å². The van der Waals surface area contributed by atoms with E-state index in [1.807, 2.05) is 6.92 Å². The largest absolute Gasteiger partial charge is 0.494 e. The molecule has 28 heavy (non-hydrogen) atoms. The molecule has 1 heterocycles. The summed E-state index contributed by atoms with van der Waals surface area (Å²) in [7, 11) is 0. The Bertz CT molecular complexity index is 736. The van der Waals surface area contributed by atoms with Gasteiger partial charge in [-0.2, -0.15) is 0 Å². The lowest BCUT2D eigenvalue weighted by atomic mass is 10.1. The summed E-state index contributed by atoms with van der Waals surface area (Å²) in [5.41, 5.74) is 0.406. The Hall–Kier alpha value is -2.68. The molecule has 8 nitrogen and oxygen atoms in total. The number of carbonyl (C=O) groups excluding carboxylic acids is 3.